The van der Waals surface area contributed by atoms with E-state index >= 15 is 0 Å². The maximum absolute atomic E-state index is 6.11. The van der Waals surface area contributed by atoms with Crippen molar-refractivity contribution in [1.29, 1.82) is 0 Å². The zero-order valence-corrected chi connectivity index (χ0v) is 12.2. The molecule has 20 heavy (non-hydrogen) atoms. The topological polar surface area (TPSA) is 51.2 Å². The Morgan fingerprint density at radius 2 is 1.90 bits per heavy atom. The van der Waals surface area contributed by atoms with Crippen LogP contribution in [0.1, 0.15) is 0 Å². The molecule has 2 aromatic carbocycles. The van der Waals surface area contributed by atoms with Gasteiger partial charge < -0.3 is 15.5 Å². The lowest BCUT2D eigenvalue weighted by molar-refractivity contribution is 0.568. The summed E-state index contributed by atoms with van der Waals surface area (Å²) < 4.78 is 6.11. The minimum atomic E-state index is 0.698. The highest BCUT2D eigenvalue weighted by Gasteiger charge is 2.04. The van der Waals surface area contributed by atoms with Gasteiger partial charge in [0, 0.05) is 15.7 Å². The standard InChI is InChI=1S/C16H13BrN2O/c17-13-2-1-3-14(9-13)19-16-5-4-11(8-15(16)18)12-6-7-20-10-12/h1-10,19H,18H2. The molecular formula is C16H13BrN2O. The summed E-state index contributed by atoms with van der Waals surface area (Å²) in [4.78, 5) is 0. The molecule has 1 aromatic heterocycles. The second kappa shape index (κ2) is 5.43. The Morgan fingerprint density at radius 1 is 1.00 bits per heavy atom. The van der Waals surface area contributed by atoms with Crippen LogP contribution in [0.15, 0.2) is 69.9 Å². The number of benzene rings is 2. The van der Waals surface area contributed by atoms with Gasteiger partial charge >= 0.3 is 0 Å². The molecule has 0 fully saturated rings. The van der Waals surface area contributed by atoms with Gasteiger partial charge in [-0.2, -0.15) is 0 Å². The fraction of sp³-hybridized carbons (Fsp3) is 0. The van der Waals surface area contributed by atoms with E-state index in [9.17, 15) is 0 Å². The van der Waals surface area contributed by atoms with Crippen molar-refractivity contribution in [1.82, 2.24) is 0 Å². The van der Waals surface area contributed by atoms with Crippen LogP contribution in [0.4, 0.5) is 17.1 Å². The van der Waals surface area contributed by atoms with Crippen molar-refractivity contribution in [3.63, 3.8) is 0 Å². The smallest absolute Gasteiger partial charge is 0.0980 e. The average molecular weight is 329 g/mol. The van der Waals surface area contributed by atoms with E-state index in [0.717, 1.165) is 27.0 Å². The third-order valence-electron chi connectivity index (χ3n) is 3.01. The maximum Gasteiger partial charge on any atom is 0.0980 e. The number of hydrogen-bond donors (Lipinski definition) is 2. The van der Waals surface area contributed by atoms with Crippen molar-refractivity contribution in [2.45, 2.75) is 0 Å². The average Bonchev–Trinajstić information content (AvgIpc) is 2.95. The summed E-state index contributed by atoms with van der Waals surface area (Å²) in [6, 6.07) is 15.8. The number of anilines is 3. The predicted octanol–water partition coefficient (Wildman–Crippen LogP) is 5.03. The van der Waals surface area contributed by atoms with Gasteiger partial charge in [-0.1, -0.05) is 28.1 Å². The SMILES string of the molecule is Nc1cc(-c2ccoc2)ccc1Nc1cccc(Br)c1. The summed E-state index contributed by atoms with van der Waals surface area (Å²) in [5.74, 6) is 0. The number of rotatable bonds is 3. The molecule has 0 amide bonds. The molecule has 3 rings (SSSR count). The Morgan fingerprint density at radius 3 is 2.60 bits per heavy atom. The highest BCUT2D eigenvalue weighted by Crippen LogP contribution is 2.29. The molecule has 0 aliphatic rings. The van der Waals surface area contributed by atoms with Crippen LogP contribution in [0.2, 0.25) is 0 Å². The zero-order chi connectivity index (χ0) is 13.9. The number of hydrogen-bond acceptors (Lipinski definition) is 3. The van der Waals surface area contributed by atoms with Gasteiger partial charge in [0.1, 0.15) is 0 Å². The molecule has 0 saturated heterocycles. The van der Waals surface area contributed by atoms with Gasteiger partial charge in [0.2, 0.25) is 0 Å². The van der Waals surface area contributed by atoms with Gasteiger partial charge in [0.25, 0.3) is 0 Å². The van der Waals surface area contributed by atoms with E-state index < -0.39 is 0 Å². The Kier molecular flexibility index (Phi) is 3.48. The molecule has 100 valence electrons. The highest BCUT2D eigenvalue weighted by molar-refractivity contribution is 9.10. The van der Waals surface area contributed by atoms with E-state index in [4.69, 9.17) is 10.2 Å². The van der Waals surface area contributed by atoms with Gasteiger partial charge in [0.05, 0.1) is 23.9 Å². The van der Waals surface area contributed by atoms with Crippen LogP contribution in [0.25, 0.3) is 11.1 Å². The summed E-state index contributed by atoms with van der Waals surface area (Å²) in [5.41, 5.74) is 10.7. The monoisotopic (exact) mass is 328 g/mol. The normalized spacial score (nSPS) is 10.4. The Hall–Kier alpha value is -2.20. The Bertz CT molecular complexity index is 723. The molecule has 4 heteroatoms. The summed E-state index contributed by atoms with van der Waals surface area (Å²) in [6.45, 7) is 0. The van der Waals surface area contributed by atoms with E-state index in [0.29, 0.717) is 5.69 Å². The number of halogens is 1. The van der Waals surface area contributed by atoms with Crippen molar-refractivity contribution >= 4 is 33.0 Å². The van der Waals surface area contributed by atoms with Crippen LogP contribution in [0.3, 0.4) is 0 Å². The third-order valence-corrected chi connectivity index (χ3v) is 3.50. The number of nitrogens with one attached hydrogen (secondary N) is 1. The summed E-state index contributed by atoms with van der Waals surface area (Å²) in [6.07, 6.45) is 3.36. The van der Waals surface area contributed by atoms with Crippen molar-refractivity contribution < 1.29 is 4.42 Å². The second-order valence-corrected chi connectivity index (χ2v) is 5.37. The first-order valence-electron chi connectivity index (χ1n) is 6.17. The quantitative estimate of drug-likeness (QED) is 0.662. The molecule has 0 spiro atoms. The first-order valence-corrected chi connectivity index (χ1v) is 6.96. The van der Waals surface area contributed by atoms with Gasteiger partial charge in [-0.05, 0) is 42.0 Å². The molecule has 0 unspecified atom stereocenters. The second-order valence-electron chi connectivity index (χ2n) is 4.45. The molecule has 0 bridgehead atoms. The van der Waals surface area contributed by atoms with E-state index in [1.807, 2.05) is 48.5 Å². The molecule has 0 aliphatic heterocycles. The lowest BCUT2D eigenvalue weighted by Crippen LogP contribution is -1.96. The fourth-order valence-corrected chi connectivity index (χ4v) is 2.41. The fourth-order valence-electron chi connectivity index (χ4n) is 2.01. The van der Waals surface area contributed by atoms with Crippen LogP contribution < -0.4 is 11.1 Å². The largest absolute Gasteiger partial charge is 0.472 e. The van der Waals surface area contributed by atoms with E-state index in [2.05, 4.69) is 21.2 Å². The number of nitrogen functional groups attached to an aromatic ring is 1. The lowest BCUT2D eigenvalue weighted by atomic mass is 10.1. The Balaban J connectivity index is 1.88. The zero-order valence-electron chi connectivity index (χ0n) is 10.6. The van der Waals surface area contributed by atoms with Gasteiger partial charge in [-0.25, -0.2) is 0 Å². The van der Waals surface area contributed by atoms with Gasteiger partial charge in [-0.3, -0.25) is 0 Å². The van der Waals surface area contributed by atoms with Gasteiger partial charge in [-0.15, -0.1) is 0 Å². The first-order chi connectivity index (χ1) is 9.72. The van der Waals surface area contributed by atoms with Crippen molar-refractivity contribution in [2.75, 3.05) is 11.1 Å². The van der Waals surface area contributed by atoms with E-state index in [-0.39, 0.29) is 0 Å². The van der Waals surface area contributed by atoms with E-state index in [1.165, 1.54) is 0 Å². The van der Waals surface area contributed by atoms with Crippen LogP contribution >= 0.6 is 15.9 Å². The summed E-state index contributed by atoms with van der Waals surface area (Å²) in [7, 11) is 0. The molecule has 0 saturated carbocycles. The van der Waals surface area contributed by atoms with Crippen molar-refractivity contribution in [2.24, 2.45) is 0 Å². The molecule has 0 aliphatic carbocycles. The summed E-state index contributed by atoms with van der Waals surface area (Å²) in [5, 5.41) is 3.31. The molecule has 3 N–H and O–H groups in total. The predicted molar refractivity (Wildman–Crippen MR) is 86.0 cm³/mol. The highest BCUT2D eigenvalue weighted by atomic mass is 79.9. The third kappa shape index (κ3) is 2.70. The molecule has 3 nitrogen and oxygen atoms in total. The summed E-state index contributed by atoms with van der Waals surface area (Å²) >= 11 is 3.45. The van der Waals surface area contributed by atoms with E-state index in [1.54, 1.807) is 12.5 Å². The number of nitrogens with two attached hydrogens (primary N) is 1. The molecule has 0 radical (unpaired) electrons. The minimum Gasteiger partial charge on any atom is -0.472 e. The first kappa shape index (κ1) is 12.8. The van der Waals surface area contributed by atoms with Crippen LogP contribution in [0.5, 0.6) is 0 Å². The van der Waals surface area contributed by atoms with Crippen LogP contribution in [-0.2, 0) is 0 Å². The van der Waals surface area contributed by atoms with Crippen LogP contribution in [0, 0.1) is 0 Å². The van der Waals surface area contributed by atoms with Crippen LogP contribution in [-0.4, -0.2) is 0 Å². The molecular weight excluding hydrogens is 316 g/mol. The Labute approximate surface area is 125 Å². The maximum atomic E-state index is 6.11. The molecule has 0 atom stereocenters. The van der Waals surface area contributed by atoms with Gasteiger partial charge in [0.15, 0.2) is 0 Å². The van der Waals surface area contributed by atoms with Crippen molar-refractivity contribution in [3.05, 3.63) is 65.5 Å². The molecule has 1 heterocycles. The lowest BCUT2D eigenvalue weighted by Gasteiger charge is -2.11. The number of furan rings is 1. The minimum absolute atomic E-state index is 0.698. The van der Waals surface area contributed by atoms with Crippen molar-refractivity contribution in [3.8, 4) is 11.1 Å². The molecule has 3 aromatic rings.